The van der Waals surface area contributed by atoms with Crippen LogP contribution in [0, 0.1) is 0 Å². The molecular weight excluding hydrogens is 506 g/mol. The zero-order chi connectivity index (χ0) is 26.5. The summed E-state index contributed by atoms with van der Waals surface area (Å²) in [5.41, 5.74) is 0. The number of fused-ring (bicyclic) bond motifs is 6. The van der Waals surface area contributed by atoms with Crippen molar-refractivity contribution >= 4 is 27.7 Å². The predicted molar refractivity (Wildman–Crippen MR) is 130 cm³/mol. The van der Waals surface area contributed by atoms with Crippen LogP contribution in [-0.2, 0) is 29.1 Å². The van der Waals surface area contributed by atoms with E-state index in [-0.39, 0.29) is 56.5 Å². The van der Waals surface area contributed by atoms with E-state index >= 15 is 0 Å². The van der Waals surface area contributed by atoms with E-state index in [2.05, 4.69) is 15.5 Å². The Labute approximate surface area is 216 Å². The molecule has 0 spiro atoms. The van der Waals surface area contributed by atoms with E-state index < -0.39 is 52.4 Å². The molecule has 6 bridgehead atoms. The summed E-state index contributed by atoms with van der Waals surface area (Å²) in [4.78, 5) is 43.6. The minimum absolute atomic E-state index is 0.0116. The van der Waals surface area contributed by atoms with Gasteiger partial charge in [0.15, 0.2) is 0 Å². The Kier molecular flexibility index (Phi) is 7.50. The summed E-state index contributed by atoms with van der Waals surface area (Å²) in [6.45, 7) is 0.392. The second-order valence-electron chi connectivity index (χ2n) is 11.0. The van der Waals surface area contributed by atoms with Gasteiger partial charge >= 0.3 is 0 Å². The third-order valence-corrected chi connectivity index (χ3v) is 9.77. The molecular formula is C23H37N5O8S. The van der Waals surface area contributed by atoms with Gasteiger partial charge in [0.2, 0.25) is 27.7 Å². The van der Waals surface area contributed by atoms with Gasteiger partial charge in [0.05, 0.1) is 24.8 Å². The number of hydrogen-bond donors (Lipinski definition) is 4. The van der Waals surface area contributed by atoms with Crippen molar-refractivity contribution in [3.8, 4) is 0 Å². The standard InChI is InChI=1S/C23H37N5O8S/c1-37(34,35)28-7-6-26-12-16(28)22(32)24-10-18-21(31)20(30)17(36-18)9-19(29)25-13-8-15(23(26)33)27(11-13)14-4-2-3-5-14/h13-18,20-21,30-31H,2-12H2,1H3,(H,24,32)(H,25,29)/t13-,15-,16-,17-,18+,20-,21+/m0/s1. The van der Waals surface area contributed by atoms with Crippen LogP contribution >= 0.6 is 0 Å². The molecule has 5 fully saturated rings. The van der Waals surface area contributed by atoms with E-state index in [1.165, 1.54) is 0 Å². The SMILES string of the molecule is CS(=O)(=O)N1CCN2C[C@H]1C(=O)NC[C@H]1O[C@@H](CC(=O)N[C@H]3C[C@@H](C2=O)N(C2CCCC2)C3)[C@H](O)[C@@H]1O. The molecule has 1 saturated carbocycles. The van der Waals surface area contributed by atoms with Crippen molar-refractivity contribution < 1.29 is 37.8 Å². The first-order valence-electron chi connectivity index (χ1n) is 13.1. The van der Waals surface area contributed by atoms with E-state index in [1.807, 2.05) is 0 Å². The zero-order valence-corrected chi connectivity index (χ0v) is 21.8. The molecule has 4 N–H and O–H groups in total. The molecule has 0 aromatic heterocycles. The van der Waals surface area contributed by atoms with Crippen molar-refractivity contribution in [3.05, 3.63) is 0 Å². The van der Waals surface area contributed by atoms with Gasteiger partial charge in [-0.05, 0) is 19.3 Å². The lowest BCUT2D eigenvalue weighted by Crippen LogP contribution is -2.63. The Hall–Kier alpha value is -1.84. The van der Waals surface area contributed by atoms with Crippen LogP contribution in [0.5, 0.6) is 0 Å². The summed E-state index contributed by atoms with van der Waals surface area (Å²) in [6, 6.07) is -1.65. The number of carbonyl (C=O) groups is 3. The fourth-order valence-electron chi connectivity index (χ4n) is 6.59. The molecule has 1 aliphatic carbocycles. The number of rotatable bonds is 2. The average molecular weight is 544 g/mol. The number of aliphatic hydroxyl groups excluding tert-OH is 2. The molecule has 0 aromatic carbocycles. The predicted octanol–water partition coefficient (Wildman–Crippen LogP) is -3.03. The van der Waals surface area contributed by atoms with Gasteiger partial charge in [-0.3, -0.25) is 19.3 Å². The summed E-state index contributed by atoms with van der Waals surface area (Å²) in [5.74, 6) is -1.10. The zero-order valence-electron chi connectivity index (χ0n) is 21.0. The first kappa shape index (κ1) is 26.8. The largest absolute Gasteiger partial charge is 0.388 e. The molecule has 5 rings (SSSR count). The number of aliphatic hydroxyl groups is 2. The molecule has 4 saturated heterocycles. The van der Waals surface area contributed by atoms with Gasteiger partial charge < -0.3 is 30.5 Å². The van der Waals surface area contributed by atoms with E-state index in [0.29, 0.717) is 13.0 Å². The average Bonchev–Trinajstić information content (AvgIpc) is 3.57. The molecule has 7 atom stereocenters. The maximum atomic E-state index is 13.8. The fraction of sp³-hybridized carbons (Fsp3) is 0.870. The smallest absolute Gasteiger partial charge is 0.240 e. The highest BCUT2D eigenvalue weighted by molar-refractivity contribution is 7.88. The van der Waals surface area contributed by atoms with Crippen molar-refractivity contribution in [2.75, 3.05) is 39.0 Å². The van der Waals surface area contributed by atoms with Crippen molar-refractivity contribution in [1.29, 1.82) is 0 Å². The molecule has 4 aliphatic heterocycles. The monoisotopic (exact) mass is 543 g/mol. The van der Waals surface area contributed by atoms with Crippen LogP contribution in [-0.4, -0.2) is 138 Å². The van der Waals surface area contributed by atoms with E-state index in [4.69, 9.17) is 4.74 Å². The Morgan fingerprint density at radius 2 is 1.68 bits per heavy atom. The molecule has 4 heterocycles. The number of piperazine rings is 1. The Morgan fingerprint density at radius 1 is 0.973 bits per heavy atom. The van der Waals surface area contributed by atoms with Gasteiger partial charge in [-0.2, -0.15) is 4.31 Å². The molecule has 13 nitrogen and oxygen atoms in total. The second kappa shape index (κ2) is 10.4. The summed E-state index contributed by atoms with van der Waals surface area (Å²) >= 11 is 0. The molecule has 208 valence electrons. The summed E-state index contributed by atoms with van der Waals surface area (Å²) in [6.07, 6.45) is 0.821. The van der Waals surface area contributed by atoms with Gasteiger partial charge in [-0.25, -0.2) is 8.42 Å². The molecule has 14 heteroatoms. The van der Waals surface area contributed by atoms with Gasteiger partial charge in [0, 0.05) is 44.8 Å². The number of amides is 3. The maximum absolute atomic E-state index is 13.8. The first-order valence-corrected chi connectivity index (χ1v) is 15.0. The van der Waals surface area contributed by atoms with Crippen LogP contribution in [0.15, 0.2) is 0 Å². The molecule has 0 aromatic rings. The third-order valence-electron chi connectivity index (χ3n) is 8.48. The normalized spacial score (nSPS) is 39.2. The van der Waals surface area contributed by atoms with E-state index in [0.717, 1.165) is 36.2 Å². The fourth-order valence-corrected chi connectivity index (χ4v) is 7.62. The van der Waals surface area contributed by atoms with Crippen LogP contribution in [0.2, 0.25) is 0 Å². The lowest BCUT2D eigenvalue weighted by molar-refractivity contribution is -0.141. The number of nitrogens with zero attached hydrogens (tertiary/aromatic N) is 3. The second-order valence-corrected chi connectivity index (χ2v) is 12.9. The number of carbonyl (C=O) groups excluding carboxylic acids is 3. The topological polar surface area (TPSA) is 169 Å². The highest BCUT2D eigenvalue weighted by atomic mass is 32.2. The number of likely N-dealkylation sites (tertiary alicyclic amines) is 1. The van der Waals surface area contributed by atoms with E-state index in [9.17, 15) is 33.0 Å². The van der Waals surface area contributed by atoms with Crippen molar-refractivity contribution in [2.45, 2.75) is 87.1 Å². The van der Waals surface area contributed by atoms with Crippen LogP contribution in [0.1, 0.15) is 38.5 Å². The number of sulfonamides is 1. The quantitative estimate of drug-likeness (QED) is 0.283. The van der Waals surface area contributed by atoms with Crippen LogP contribution in [0.3, 0.4) is 0 Å². The van der Waals surface area contributed by atoms with Crippen molar-refractivity contribution in [2.24, 2.45) is 0 Å². The molecule has 37 heavy (non-hydrogen) atoms. The minimum Gasteiger partial charge on any atom is -0.388 e. The van der Waals surface area contributed by atoms with Gasteiger partial charge in [0.1, 0.15) is 24.4 Å². The van der Waals surface area contributed by atoms with Crippen molar-refractivity contribution in [3.63, 3.8) is 0 Å². The Bertz CT molecular complexity index is 1020. The summed E-state index contributed by atoms with van der Waals surface area (Å²) in [5, 5.41) is 26.5. The van der Waals surface area contributed by atoms with Crippen molar-refractivity contribution in [1.82, 2.24) is 24.7 Å². The highest BCUT2D eigenvalue weighted by Gasteiger charge is 2.48. The number of ether oxygens (including phenoxy) is 1. The van der Waals surface area contributed by atoms with Crippen LogP contribution in [0.25, 0.3) is 0 Å². The van der Waals surface area contributed by atoms with Gasteiger partial charge in [-0.1, -0.05) is 12.8 Å². The Balaban J connectivity index is 1.44. The molecule has 0 radical (unpaired) electrons. The van der Waals surface area contributed by atoms with Gasteiger partial charge in [-0.15, -0.1) is 0 Å². The Morgan fingerprint density at radius 3 is 2.38 bits per heavy atom. The lowest BCUT2D eigenvalue weighted by atomic mass is 10.0. The summed E-state index contributed by atoms with van der Waals surface area (Å²) < 4.78 is 31.8. The lowest BCUT2D eigenvalue weighted by Gasteiger charge is -2.41. The molecule has 3 amide bonds. The molecule has 5 aliphatic rings. The van der Waals surface area contributed by atoms with Gasteiger partial charge in [0.25, 0.3) is 0 Å². The van der Waals surface area contributed by atoms with Crippen LogP contribution < -0.4 is 10.6 Å². The minimum atomic E-state index is -3.73. The third kappa shape index (κ3) is 5.36. The number of hydrogen-bond acceptors (Lipinski definition) is 9. The van der Waals surface area contributed by atoms with Crippen LogP contribution in [0.4, 0.5) is 0 Å². The molecule has 0 unspecified atom stereocenters. The first-order chi connectivity index (χ1) is 17.5. The summed E-state index contributed by atoms with van der Waals surface area (Å²) in [7, 11) is -3.73. The number of nitrogens with one attached hydrogen (secondary N) is 2. The van der Waals surface area contributed by atoms with E-state index in [1.54, 1.807) is 4.90 Å². The highest BCUT2D eigenvalue weighted by Crippen LogP contribution is 2.32. The maximum Gasteiger partial charge on any atom is 0.240 e.